The molecule has 9 nitrogen and oxygen atoms in total. The zero-order valence-electron chi connectivity index (χ0n) is 18.1. The molecule has 5 aromatic rings. The van der Waals surface area contributed by atoms with Gasteiger partial charge in [-0.25, -0.2) is 0 Å². The summed E-state index contributed by atoms with van der Waals surface area (Å²) >= 11 is 0. The van der Waals surface area contributed by atoms with Gasteiger partial charge in [0.15, 0.2) is 5.69 Å². The van der Waals surface area contributed by atoms with E-state index in [0.717, 1.165) is 22.2 Å². The van der Waals surface area contributed by atoms with E-state index < -0.39 is 0 Å². The molecule has 0 atom stereocenters. The topological polar surface area (TPSA) is 126 Å². The second-order valence-corrected chi connectivity index (χ2v) is 7.58. The highest BCUT2D eigenvalue weighted by Crippen LogP contribution is 2.29. The summed E-state index contributed by atoms with van der Waals surface area (Å²) in [7, 11) is 0. The summed E-state index contributed by atoms with van der Waals surface area (Å²) in [5, 5.41) is 13.4. The van der Waals surface area contributed by atoms with Gasteiger partial charge in [0.25, 0.3) is 11.8 Å². The molecule has 0 fully saturated rings. The smallest absolute Gasteiger partial charge is 0.276 e. The molecule has 9 heteroatoms. The highest BCUT2D eigenvalue weighted by molar-refractivity contribution is 6.12. The number of nitrogens with zero attached hydrogens (tertiary/aromatic N) is 4. The molecule has 0 aliphatic carbocycles. The molecule has 0 saturated carbocycles. The van der Waals surface area contributed by atoms with Crippen molar-refractivity contribution in [2.75, 3.05) is 10.6 Å². The van der Waals surface area contributed by atoms with Crippen molar-refractivity contribution >= 4 is 34.1 Å². The summed E-state index contributed by atoms with van der Waals surface area (Å²) < 4.78 is 0. The number of benzene rings is 1. The molecular weight excluding hydrogens is 430 g/mol. The number of H-pyrrole nitrogens is 1. The van der Waals surface area contributed by atoms with Crippen LogP contribution < -0.4 is 10.6 Å². The van der Waals surface area contributed by atoms with Gasteiger partial charge < -0.3 is 10.6 Å². The van der Waals surface area contributed by atoms with Crippen molar-refractivity contribution in [1.82, 2.24) is 25.1 Å². The lowest BCUT2D eigenvalue weighted by molar-refractivity contribution is 0.101. The summed E-state index contributed by atoms with van der Waals surface area (Å²) in [5.74, 6) is -0.615. The second-order valence-electron chi connectivity index (χ2n) is 7.58. The van der Waals surface area contributed by atoms with E-state index in [0.29, 0.717) is 22.3 Å². The molecule has 1 aromatic carbocycles. The summed E-state index contributed by atoms with van der Waals surface area (Å²) in [6.07, 6.45) is 9.66. The van der Waals surface area contributed by atoms with Gasteiger partial charge >= 0.3 is 0 Å². The number of aromatic nitrogens is 5. The molecule has 166 valence electrons. The number of hydrogen-bond acceptors (Lipinski definition) is 6. The zero-order valence-corrected chi connectivity index (χ0v) is 18.1. The average Bonchev–Trinajstić information content (AvgIpc) is 3.29. The Morgan fingerprint density at radius 2 is 1.65 bits per heavy atom. The number of hydrogen-bond donors (Lipinski definition) is 3. The minimum atomic E-state index is -0.339. The lowest BCUT2D eigenvalue weighted by Crippen LogP contribution is -2.14. The van der Waals surface area contributed by atoms with Crippen molar-refractivity contribution < 1.29 is 9.59 Å². The van der Waals surface area contributed by atoms with Crippen molar-refractivity contribution in [3.63, 3.8) is 0 Å². The lowest BCUT2D eigenvalue weighted by Gasteiger charge is -2.11. The fourth-order valence-corrected chi connectivity index (χ4v) is 3.66. The highest BCUT2D eigenvalue weighted by Gasteiger charge is 2.18. The molecule has 34 heavy (non-hydrogen) atoms. The molecule has 0 aliphatic rings. The average molecular weight is 449 g/mol. The van der Waals surface area contributed by atoms with E-state index in [1.165, 1.54) is 6.20 Å². The fourth-order valence-electron chi connectivity index (χ4n) is 3.66. The number of rotatable bonds is 5. The summed E-state index contributed by atoms with van der Waals surface area (Å²) in [6, 6.07) is 12.5. The number of carbonyl (C=O) groups is 2. The first kappa shape index (κ1) is 21.0. The molecule has 2 amide bonds. The number of anilines is 2. The van der Waals surface area contributed by atoms with E-state index in [2.05, 4.69) is 35.8 Å². The van der Waals surface area contributed by atoms with Crippen molar-refractivity contribution in [2.45, 2.75) is 6.92 Å². The number of amides is 2. The van der Waals surface area contributed by atoms with Crippen LogP contribution in [0, 0.1) is 6.92 Å². The number of fused-ring (bicyclic) bond motifs is 1. The van der Waals surface area contributed by atoms with Gasteiger partial charge in [-0.05, 0) is 54.4 Å². The van der Waals surface area contributed by atoms with Crippen LogP contribution in [-0.4, -0.2) is 37.0 Å². The van der Waals surface area contributed by atoms with Crippen LogP contribution in [0.3, 0.4) is 0 Å². The van der Waals surface area contributed by atoms with Crippen LogP contribution in [0.1, 0.15) is 26.4 Å². The van der Waals surface area contributed by atoms with Crippen molar-refractivity contribution in [3.8, 4) is 11.1 Å². The maximum Gasteiger partial charge on any atom is 0.276 e. The Bertz CT molecular complexity index is 1500. The number of carbonyl (C=O) groups excluding carboxylic acids is 2. The molecule has 4 aromatic heterocycles. The first-order chi connectivity index (χ1) is 16.6. The Hall–Kier alpha value is -4.92. The molecule has 0 radical (unpaired) electrons. The zero-order chi connectivity index (χ0) is 23.5. The number of aromatic amines is 1. The molecule has 3 N–H and O–H groups in total. The molecule has 0 bridgehead atoms. The Labute approximate surface area is 194 Å². The Morgan fingerprint density at radius 3 is 2.44 bits per heavy atom. The van der Waals surface area contributed by atoms with Gasteiger partial charge in [0.1, 0.15) is 0 Å². The maximum atomic E-state index is 12.9. The molecule has 0 spiro atoms. The molecule has 0 unspecified atom stereocenters. The first-order valence-electron chi connectivity index (χ1n) is 10.5. The van der Waals surface area contributed by atoms with Gasteiger partial charge in [-0.3, -0.25) is 29.6 Å². The van der Waals surface area contributed by atoms with Crippen LogP contribution in [-0.2, 0) is 0 Å². The predicted octanol–water partition coefficient (Wildman–Crippen LogP) is 4.23. The predicted molar refractivity (Wildman–Crippen MR) is 128 cm³/mol. The Morgan fingerprint density at radius 1 is 0.824 bits per heavy atom. The minimum absolute atomic E-state index is 0.268. The largest absolute Gasteiger partial charge is 0.321 e. The van der Waals surface area contributed by atoms with Crippen LogP contribution in [0.2, 0.25) is 0 Å². The van der Waals surface area contributed by atoms with Gasteiger partial charge in [-0.2, -0.15) is 5.10 Å². The third-order valence-corrected chi connectivity index (χ3v) is 5.41. The summed E-state index contributed by atoms with van der Waals surface area (Å²) in [5.41, 5.74) is 5.02. The third kappa shape index (κ3) is 4.09. The van der Waals surface area contributed by atoms with Gasteiger partial charge in [-0.1, -0.05) is 6.07 Å². The normalized spacial score (nSPS) is 10.7. The monoisotopic (exact) mass is 449 g/mol. The molecule has 0 saturated heterocycles. The minimum Gasteiger partial charge on any atom is -0.321 e. The van der Waals surface area contributed by atoms with E-state index in [4.69, 9.17) is 0 Å². The Kier molecular flexibility index (Phi) is 5.49. The Balaban J connectivity index is 1.47. The van der Waals surface area contributed by atoms with Crippen molar-refractivity contribution in [3.05, 3.63) is 96.5 Å². The van der Waals surface area contributed by atoms with E-state index in [1.54, 1.807) is 55.2 Å². The molecular formula is C25H19N7O2. The van der Waals surface area contributed by atoms with Crippen LogP contribution in [0.5, 0.6) is 0 Å². The molecule has 5 rings (SSSR count). The second kappa shape index (κ2) is 8.91. The van der Waals surface area contributed by atoms with Crippen LogP contribution in [0.25, 0.3) is 22.0 Å². The maximum absolute atomic E-state index is 12.9. The van der Waals surface area contributed by atoms with Crippen molar-refractivity contribution in [1.29, 1.82) is 0 Å². The first-order valence-corrected chi connectivity index (χ1v) is 10.5. The van der Waals surface area contributed by atoms with Gasteiger partial charge in [-0.15, -0.1) is 0 Å². The van der Waals surface area contributed by atoms with E-state index in [-0.39, 0.29) is 17.5 Å². The van der Waals surface area contributed by atoms with E-state index in [1.807, 2.05) is 25.1 Å². The standard InChI is InChI=1S/C25H19N7O2/c1-15-20(13-28-14-21(15)24(33)30-18-3-2-8-27-12-18)16-4-5-22-19(11-16)23(32-31-22)25(34)29-17-6-9-26-10-7-17/h2-14H,1H3,(H,30,33)(H,31,32)(H,26,29,34). The summed E-state index contributed by atoms with van der Waals surface area (Å²) in [4.78, 5) is 37.9. The van der Waals surface area contributed by atoms with Crippen LogP contribution in [0.4, 0.5) is 11.4 Å². The van der Waals surface area contributed by atoms with Gasteiger partial charge in [0, 0.05) is 47.6 Å². The van der Waals surface area contributed by atoms with Crippen LogP contribution in [0.15, 0.2) is 79.6 Å². The summed E-state index contributed by atoms with van der Waals surface area (Å²) in [6.45, 7) is 1.87. The highest BCUT2D eigenvalue weighted by atomic mass is 16.2. The van der Waals surface area contributed by atoms with E-state index >= 15 is 0 Å². The van der Waals surface area contributed by atoms with Crippen LogP contribution >= 0.6 is 0 Å². The third-order valence-electron chi connectivity index (χ3n) is 5.41. The lowest BCUT2D eigenvalue weighted by atomic mass is 9.97. The number of pyridine rings is 3. The van der Waals surface area contributed by atoms with E-state index in [9.17, 15) is 9.59 Å². The molecule has 0 aliphatic heterocycles. The number of nitrogens with one attached hydrogen (secondary N) is 3. The SMILES string of the molecule is Cc1c(C(=O)Nc2cccnc2)cncc1-c1ccc2[nH]nc(C(=O)Nc3ccncc3)c2c1. The van der Waals surface area contributed by atoms with Crippen molar-refractivity contribution in [2.24, 2.45) is 0 Å². The van der Waals surface area contributed by atoms with Gasteiger partial charge in [0.05, 0.1) is 23.0 Å². The van der Waals surface area contributed by atoms with Gasteiger partial charge in [0.2, 0.25) is 0 Å². The quantitative estimate of drug-likeness (QED) is 0.369. The fraction of sp³-hybridized carbons (Fsp3) is 0.0400. The molecule has 4 heterocycles.